The van der Waals surface area contributed by atoms with Crippen LogP contribution in [0.1, 0.15) is 22.3 Å². The molecular weight excluding hydrogens is 211 g/mol. The lowest BCUT2D eigenvalue weighted by Crippen LogP contribution is -2.04. The third kappa shape index (κ3) is 3.16. The van der Waals surface area contributed by atoms with E-state index in [1.54, 1.807) is 14.2 Å². The minimum absolute atomic E-state index is 0.0455. The topological polar surface area (TPSA) is 59.1 Å². The Balaban J connectivity index is 2.86. The van der Waals surface area contributed by atoms with Crippen molar-refractivity contribution >= 4 is 35.4 Å². The van der Waals surface area contributed by atoms with E-state index in [-0.39, 0.29) is 11.7 Å². The normalized spacial score (nSPS) is 9.80. The number of Topliss-reactive ketones (excluding diaryl/α,β-unsaturated/α-hetero) is 1. The molecule has 0 saturated heterocycles. The Bertz CT molecular complexity index is 389. The summed E-state index contributed by atoms with van der Waals surface area (Å²) in [5.74, 6) is -0.131. The Kier molecular flexibility index (Phi) is 4.02. The molecule has 0 aliphatic rings. The van der Waals surface area contributed by atoms with Gasteiger partial charge in [-0.15, -0.1) is 0 Å². The molecule has 6 heteroatoms. The minimum Gasteiger partial charge on any atom is -0.302 e. The number of anilines is 1. The number of aromatic nitrogens is 1. The lowest BCUT2D eigenvalue weighted by atomic mass is 9.76. The van der Waals surface area contributed by atoms with Gasteiger partial charge in [0.2, 0.25) is 5.91 Å². The van der Waals surface area contributed by atoms with Crippen LogP contribution < -0.4 is 5.32 Å². The average Bonchev–Trinajstić information content (AvgIpc) is 2.46. The molecule has 0 aliphatic carbocycles. The Morgan fingerprint density at radius 2 is 2.20 bits per heavy atom. The second kappa shape index (κ2) is 5.07. The van der Waals surface area contributed by atoms with E-state index in [2.05, 4.69) is 10.3 Å². The van der Waals surface area contributed by atoms with E-state index in [1.165, 1.54) is 18.3 Å². The summed E-state index contributed by atoms with van der Waals surface area (Å²) in [7, 11) is 1.81. The van der Waals surface area contributed by atoms with Crippen molar-refractivity contribution in [3.05, 3.63) is 10.6 Å². The lowest BCUT2D eigenvalue weighted by Gasteiger charge is -1.93. The number of rotatable bonds is 4. The molecule has 1 heterocycles. The molecule has 1 rings (SSSR count). The van der Waals surface area contributed by atoms with E-state index >= 15 is 0 Å². The number of nitrogens with zero attached hydrogens (tertiary/aromatic N) is 1. The number of aryl methyl sites for hydroxylation is 1. The maximum Gasteiger partial charge on any atom is 0.223 e. The van der Waals surface area contributed by atoms with Gasteiger partial charge in [0, 0.05) is 6.92 Å². The molecule has 0 saturated carbocycles. The molecular formula is C9H12BN2O2S. The molecule has 79 valence electrons. The van der Waals surface area contributed by atoms with E-state index in [9.17, 15) is 9.59 Å². The number of amides is 1. The van der Waals surface area contributed by atoms with Crippen LogP contribution >= 0.6 is 11.3 Å². The zero-order chi connectivity index (χ0) is 11.4. The summed E-state index contributed by atoms with van der Waals surface area (Å²) in [5, 5.41) is 3.05. The van der Waals surface area contributed by atoms with Gasteiger partial charge in [0.05, 0.1) is 10.6 Å². The zero-order valence-corrected chi connectivity index (χ0v) is 9.77. The number of nitrogens with one attached hydrogen (secondary N) is 1. The smallest absolute Gasteiger partial charge is 0.223 e. The molecule has 0 fully saturated rings. The Morgan fingerprint density at radius 1 is 1.53 bits per heavy atom. The van der Waals surface area contributed by atoms with Gasteiger partial charge in [0.25, 0.3) is 0 Å². The Labute approximate surface area is 93.3 Å². The molecule has 0 aliphatic heterocycles. The molecule has 1 aromatic heterocycles. The van der Waals surface area contributed by atoms with E-state index in [0.29, 0.717) is 22.0 Å². The van der Waals surface area contributed by atoms with Gasteiger partial charge in [-0.2, -0.15) is 0 Å². The molecule has 0 atom stereocenters. The van der Waals surface area contributed by atoms with E-state index in [4.69, 9.17) is 0 Å². The summed E-state index contributed by atoms with van der Waals surface area (Å²) in [6, 6.07) is 0. The summed E-state index contributed by atoms with van der Waals surface area (Å²) >= 11 is 1.22. The third-order valence-corrected chi connectivity index (χ3v) is 2.84. The van der Waals surface area contributed by atoms with Crippen LogP contribution in [0.5, 0.6) is 0 Å². The van der Waals surface area contributed by atoms with Crippen molar-refractivity contribution in [2.45, 2.75) is 27.0 Å². The van der Waals surface area contributed by atoms with Gasteiger partial charge in [-0.05, 0) is 13.2 Å². The zero-order valence-electron chi connectivity index (χ0n) is 8.96. The van der Waals surface area contributed by atoms with Gasteiger partial charge in [0.1, 0.15) is 7.28 Å². The number of carbonyl (C=O) groups excluding carboxylic acids is 2. The summed E-state index contributed by atoms with van der Waals surface area (Å²) in [4.78, 5) is 27.1. The molecule has 0 unspecified atom stereocenters. The van der Waals surface area contributed by atoms with Gasteiger partial charge in [0.15, 0.2) is 10.9 Å². The number of hydrogen-bond donors (Lipinski definition) is 1. The van der Waals surface area contributed by atoms with Crippen LogP contribution in [0.2, 0.25) is 13.1 Å². The quantitative estimate of drug-likeness (QED) is 0.624. The van der Waals surface area contributed by atoms with Crippen molar-refractivity contribution in [3.63, 3.8) is 0 Å². The number of hydrogen-bond acceptors (Lipinski definition) is 4. The summed E-state index contributed by atoms with van der Waals surface area (Å²) in [5.41, 5.74) is 0.676. The first-order chi connectivity index (χ1) is 7.04. The number of thiazole rings is 1. The molecule has 0 aromatic carbocycles. The van der Waals surface area contributed by atoms with Gasteiger partial charge < -0.3 is 5.32 Å². The van der Waals surface area contributed by atoms with Crippen molar-refractivity contribution < 1.29 is 9.59 Å². The van der Waals surface area contributed by atoms with Crippen molar-refractivity contribution in [1.82, 2.24) is 4.98 Å². The molecule has 0 bridgehead atoms. The molecule has 1 aromatic rings. The maximum absolute atomic E-state index is 11.6. The second-order valence-electron chi connectivity index (χ2n) is 3.15. The van der Waals surface area contributed by atoms with Crippen LogP contribution in [0.4, 0.5) is 5.13 Å². The molecule has 4 nitrogen and oxygen atoms in total. The second-order valence-corrected chi connectivity index (χ2v) is 4.15. The minimum atomic E-state index is -0.176. The fraction of sp³-hybridized carbons (Fsp3) is 0.444. The largest absolute Gasteiger partial charge is 0.302 e. The van der Waals surface area contributed by atoms with Crippen LogP contribution in [0.25, 0.3) is 0 Å². The standard InChI is InChI=1S/C9H12BN2O2S/c1-5-8(7(14)4-10-3)15-9(11-5)12-6(2)13/h4H2,1-3H3,(H,11,12,13). The van der Waals surface area contributed by atoms with Gasteiger partial charge >= 0.3 is 0 Å². The fourth-order valence-electron chi connectivity index (χ4n) is 1.14. The lowest BCUT2D eigenvalue weighted by molar-refractivity contribution is -0.114. The van der Waals surface area contributed by atoms with Crippen LogP contribution in [0.3, 0.4) is 0 Å². The molecule has 1 amide bonds. The highest BCUT2D eigenvalue weighted by molar-refractivity contribution is 7.17. The Morgan fingerprint density at radius 3 is 2.73 bits per heavy atom. The fourth-order valence-corrected chi connectivity index (χ4v) is 2.10. The monoisotopic (exact) mass is 223 g/mol. The first-order valence-corrected chi connectivity index (χ1v) is 5.42. The molecule has 15 heavy (non-hydrogen) atoms. The van der Waals surface area contributed by atoms with E-state index in [1.807, 2.05) is 6.82 Å². The molecule has 0 spiro atoms. The van der Waals surface area contributed by atoms with Crippen LogP contribution in [-0.4, -0.2) is 24.0 Å². The van der Waals surface area contributed by atoms with Crippen LogP contribution in [0.15, 0.2) is 0 Å². The highest BCUT2D eigenvalue weighted by Gasteiger charge is 2.14. The van der Waals surface area contributed by atoms with Crippen molar-refractivity contribution in [1.29, 1.82) is 0 Å². The third-order valence-electron chi connectivity index (χ3n) is 1.72. The summed E-state index contributed by atoms with van der Waals surface area (Å²) < 4.78 is 0. The Hall–Kier alpha value is -1.17. The average molecular weight is 223 g/mol. The SMILES string of the molecule is C[B]CC(=O)c1sc(NC(C)=O)nc1C. The first kappa shape index (κ1) is 11.9. The van der Waals surface area contributed by atoms with Gasteiger partial charge in [-0.1, -0.05) is 18.2 Å². The van der Waals surface area contributed by atoms with Crippen LogP contribution in [-0.2, 0) is 4.79 Å². The predicted octanol–water partition coefficient (Wildman–Crippen LogP) is 1.76. The highest BCUT2D eigenvalue weighted by atomic mass is 32.1. The highest BCUT2D eigenvalue weighted by Crippen LogP contribution is 2.23. The molecule has 1 radical (unpaired) electrons. The van der Waals surface area contributed by atoms with E-state index in [0.717, 1.165) is 0 Å². The number of ketones is 1. The first-order valence-electron chi connectivity index (χ1n) is 4.60. The summed E-state index contributed by atoms with van der Waals surface area (Å²) in [6.45, 7) is 5.02. The maximum atomic E-state index is 11.6. The van der Waals surface area contributed by atoms with Crippen molar-refractivity contribution in [2.24, 2.45) is 0 Å². The van der Waals surface area contributed by atoms with Crippen molar-refractivity contribution in [3.8, 4) is 0 Å². The predicted molar refractivity (Wildman–Crippen MR) is 61.9 cm³/mol. The van der Waals surface area contributed by atoms with Crippen molar-refractivity contribution in [2.75, 3.05) is 5.32 Å². The summed E-state index contributed by atoms with van der Waals surface area (Å²) in [6.07, 6.45) is 0.405. The van der Waals surface area contributed by atoms with E-state index < -0.39 is 0 Å². The van der Waals surface area contributed by atoms with Gasteiger partial charge in [-0.25, -0.2) is 4.98 Å². The number of carbonyl (C=O) groups is 2. The van der Waals surface area contributed by atoms with Crippen LogP contribution in [0, 0.1) is 6.92 Å². The van der Waals surface area contributed by atoms with Gasteiger partial charge in [-0.3, -0.25) is 9.59 Å². The molecule has 1 N–H and O–H groups in total.